The molecule has 0 radical (unpaired) electrons. The molecule has 0 bridgehead atoms. The Bertz CT molecular complexity index is 959. The number of aliphatic hydroxyl groups excluding tert-OH is 1. The zero-order valence-electron chi connectivity index (χ0n) is 19.4. The number of amides is 3. The van der Waals surface area contributed by atoms with E-state index in [0.717, 1.165) is 32.1 Å². The van der Waals surface area contributed by atoms with Gasteiger partial charge in [-0.2, -0.15) is 0 Å². The molecule has 2 saturated carbocycles. The molecule has 9 nitrogen and oxygen atoms in total. The summed E-state index contributed by atoms with van der Waals surface area (Å²) < 4.78 is 26.6. The normalized spacial score (nSPS) is 37.6. The number of sulfonamides is 1. The predicted octanol–water partition coefficient (Wildman–Crippen LogP) is 0.978. The SMILES string of the molecule is C[C@H]1CCCCC/C=C\[C@H]2C[C@@]2(C(=O)NS(=O)(=O)C2(C)CC2)NC(=O)[C@@H]2C[C@@H](O)CN2C1=O. The number of hydrogen-bond acceptors (Lipinski definition) is 6. The Hall–Kier alpha value is -1.94. The van der Waals surface area contributed by atoms with Gasteiger partial charge < -0.3 is 15.3 Å². The van der Waals surface area contributed by atoms with Crippen molar-refractivity contribution in [1.29, 1.82) is 0 Å². The lowest BCUT2D eigenvalue weighted by atomic mass is 10.0. The zero-order valence-corrected chi connectivity index (χ0v) is 20.2. The quantitative estimate of drug-likeness (QED) is 0.515. The van der Waals surface area contributed by atoms with Crippen LogP contribution in [0.1, 0.15) is 71.6 Å². The van der Waals surface area contributed by atoms with Crippen LogP contribution in [0.3, 0.4) is 0 Å². The number of aliphatic hydroxyl groups is 1. The van der Waals surface area contributed by atoms with Crippen molar-refractivity contribution in [3.8, 4) is 0 Å². The number of carbonyl (C=O) groups is 3. The summed E-state index contributed by atoms with van der Waals surface area (Å²) in [4.78, 5) is 40.9. The van der Waals surface area contributed by atoms with Crippen LogP contribution < -0.4 is 10.0 Å². The molecule has 0 aromatic carbocycles. The van der Waals surface area contributed by atoms with Gasteiger partial charge in [0, 0.05) is 24.8 Å². The monoisotopic (exact) mass is 481 g/mol. The summed E-state index contributed by atoms with van der Waals surface area (Å²) in [6.45, 7) is 3.52. The highest BCUT2D eigenvalue weighted by molar-refractivity contribution is 7.91. The molecule has 0 unspecified atom stereocenters. The van der Waals surface area contributed by atoms with Gasteiger partial charge in [0.15, 0.2) is 0 Å². The van der Waals surface area contributed by atoms with Crippen LogP contribution in [0.15, 0.2) is 12.2 Å². The molecule has 1 saturated heterocycles. The first kappa shape index (κ1) is 24.2. The van der Waals surface area contributed by atoms with Gasteiger partial charge in [-0.15, -0.1) is 0 Å². The maximum Gasteiger partial charge on any atom is 0.259 e. The molecule has 0 spiro atoms. The third kappa shape index (κ3) is 4.69. The molecule has 33 heavy (non-hydrogen) atoms. The van der Waals surface area contributed by atoms with Crippen LogP contribution >= 0.6 is 0 Å². The van der Waals surface area contributed by atoms with Crippen LogP contribution in [0.2, 0.25) is 0 Å². The van der Waals surface area contributed by atoms with Crippen molar-refractivity contribution in [3.63, 3.8) is 0 Å². The molecule has 4 aliphatic rings. The van der Waals surface area contributed by atoms with Crippen LogP contribution in [0, 0.1) is 11.8 Å². The van der Waals surface area contributed by atoms with Gasteiger partial charge in [0.25, 0.3) is 5.91 Å². The van der Waals surface area contributed by atoms with Gasteiger partial charge in [-0.05, 0) is 45.4 Å². The van der Waals surface area contributed by atoms with Gasteiger partial charge in [0.1, 0.15) is 11.6 Å². The first-order chi connectivity index (χ1) is 15.5. The van der Waals surface area contributed by atoms with E-state index in [0.29, 0.717) is 19.3 Å². The molecule has 2 aliphatic carbocycles. The van der Waals surface area contributed by atoms with Crippen molar-refractivity contribution >= 4 is 27.7 Å². The lowest BCUT2D eigenvalue weighted by molar-refractivity contribution is -0.142. The molecular formula is C23H35N3O6S. The average molecular weight is 482 g/mol. The van der Waals surface area contributed by atoms with Crippen LogP contribution in [-0.4, -0.2) is 65.1 Å². The van der Waals surface area contributed by atoms with E-state index in [2.05, 4.69) is 10.0 Å². The Balaban J connectivity index is 1.58. The maximum absolute atomic E-state index is 13.3. The minimum atomic E-state index is -3.85. The summed E-state index contributed by atoms with van der Waals surface area (Å²) in [5, 5.41) is 13.0. The third-order valence-electron chi connectivity index (χ3n) is 7.76. The minimum Gasteiger partial charge on any atom is -0.391 e. The number of hydrogen-bond donors (Lipinski definition) is 3. The standard InChI is InChI=1S/C23H35N3O6S/c1-15-8-6-4-3-5-7-9-16-13-23(16,21(30)25-33(31,32)22(2)10-11-22)24-19(28)18-12-17(27)14-26(18)20(15)29/h7,9,15-18,27H,3-6,8,10-14H2,1-2H3,(H,24,28)(H,25,30)/b9-7-/t15-,16-,17+,18-,23+/m0/s1. The van der Waals surface area contributed by atoms with Gasteiger partial charge in [0.2, 0.25) is 21.8 Å². The second-order valence-electron chi connectivity index (χ2n) is 10.5. The van der Waals surface area contributed by atoms with Gasteiger partial charge >= 0.3 is 0 Å². The summed E-state index contributed by atoms with van der Waals surface area (Å²) in [5.74, 6) is -2.00. The van der Waals surface area contributed by atoms with Crippen molar-refractivity contribution in [2.24, 2.45) is 11.8 Å². The van der Waals surface area contributed by atoms with Crippen LogP contribution in [0.25, 0.3) is 0 Å². The van der Waals surface area contributed by atoms with Gasteiger partial charge in [0.05, 0.1) is 10.9 Å². The summed E-state index contributed by atoms with van der Waals surface area (Å²) in [7, 11) is -3.85. The van der Waals surface area contributed by atoms with Gasteiger partial charge in [-0.3, -0.25) is 19.1 Å². The van der Waals surface area contributed by atoms with E-state index in [4.69, 9.17) is 0 Å². The molecule has 2 aliphatic heterocycles. The first-order valence-corrected chi connectivity index (χ1v) is 13.5. The van der Waals surface area contributed by atoms with Crippen molar-refractivity contribution in [2.45, 2.75) is 94.1 Å². The molecule has 2 heterocycles. The maximum atomic E-state index is 13.3. The summed E-state index contributed by atoms with van der Waals surface area (Å²) >= 11 is 0. The highest BCUT2D eigenvalue weighted by Crippen LogP contribution is 2.47. The Labute approximate surface area is 195 Å². The molecule has 3 fully saturated rings. The topological polar surface area (TPSA) is 133 Å². The Kier molecular flexibility index (Phi) is 6.37. The number of rotatable bonds is 3. The van der Waals surface area contributed by atoms with E-state index in [1.807, 2.05) is 19.1 Å². The molecule has 4 rings (SSSR count). The smallest absolute Gasteiger partial charge is 0.259 e. The fourth-order valence-electron chi connectivity index (χ4n) is 4.93. The average Bonchev–Trinajstić information content (AvgIpc) is 3.62. The number of nitrogens with zero attached hydrogens (tertiary/aromatic N) is 1. The zero-order chi connectivity index (χ0) is 24.0. The van der Waals surface area contributed by atoms with Crippen LogP contribution in [0.4, 0.5) is 0 Å². The largest absolute Gasteiger partial charge is 0.391 e. The van der Waals surface area contributed by atoms with Crippen molar-refractivity contribution in [2.75, 3.05) is 6.54 Å². The fourth-order valence-corrected chi connectivity index (χ4v) is 6.24. The van der Waals surface area contributed by atoms with Gasteiger partial charge in [-0.1, -0.05) is 31.9 Å². The summed E-state index contributed by atoms with van der Waals surface area (Å²) in [5.41, 5.74) is -1.36. The highest BCUT2D eigenvalue weighted by Gasteiger charge is 2.63. The van der Waals surface area contributed by atoms with E-state index in [9.17, 15) is 27.9 Å². The molecule has 5 atom stereocenters. The Morgan fingerprint density at radius 1 is 1.24 bits per heavy atom. The molecule has 10 heteroatoms. The number of fused-ring (bicyclic) bond motifs is 2. The second-order valence-corrected chi connectivity index (χ2v) is 12.7. The lowest BCUT2D eigenvalue weighted by Crippen LogP contribution is -2.57. The fraction of sp³-hybridized carbons (Fsp3) is 0.783. The van der Waals surface area contributed by atoms with Crippen LogP contribution in [-0.2, 0) is 24.4 Å². The number of allylic oxidation sites excluding steroid dienone is 1. The highest BCUT2D eigenvalue weighted by atomic mass is 32.2. The van der Waals surface area contributed by atoms with E-state index in [1.165, 1.54) is 4.90 Å². The van der Waals surface area contributed by atoms with E-state index < -0.39 is 44.3 Å². The lowest BCUT2D eigenvalue weighted by Gasteiger charge is -2.28. The number of carbonyl (C=O) groups excluding carboxylic acids is 3. The number of nitrogens with one attached hydrogen (secondary N) is 2. The van der Waals surface area contributed by atoms with E-state index in [1.54, 1.807) is 6.92 Å². The summed E-state index contributed by atoms with van der Waals surface area (Å²) in [6.07, 6.45) is 8.81. The molecule has 3 amide bonds. The first-order valence-electron chi connectivity index (χ1n) is 12.0. The third-order valence-corrected chi connectivity index (χ3v) is 9.92. The molecule has 0 aromatic heterocycles. The second kappa shape index (κ2) is 8.69. The van der Waals surface area contributed by atoms with Crippen molar-refractivity contribution < 1.29 is 27.9 Å². The van der Waals surface area contributed by atoms with Crippen molar-refractivity contribution in [3.05, 3.63) is 12.2 Å². The van der Waals surface area contributed by atoms with Crippen molar-refractivity contribution in [1.82, 2.24) is 14.9 Å². The Morgan fingerprint density at radius 3 is 2.67 bits per heavy atom. The van der Waals surface area contributed by atoms with Crippen LogP contribution in [0.5, 0.6) is 0 Å². The van der Waals surface area contributed by atoms with E-state index >= 15 is 0 Å². The molecule has 0 aromatic rings. The minimum absolute atomic E-state index is 0.0799. The molecular weight excluding hydrogens is 446 g/mol. The molecule has 3 N–H and O–H groups in total. The predicted molar refractivity (Wildman–Crippen MR) is 121 cm³/mol. The van der Waals surface area contributed by atoms with E-state index in [-0.39, 0.29) is 30.7 Å². The van der Waals surface area contributed by atoms with Gasteiger partial charge in [-0.25, -0.2) is 8.42 Å². The summed E-state index contributed by atoms with van der Waals surface area (Å²) in [6, 6.07) is -0.882. The Morgan fingerprint density at radius 2 is 1.97 bits per heavy atom. The molecule has 184 valence electrons.